The molecule has 1 saturated heterocycles. The van der Waals surface area contributed by atoms with Gasteiger partial charge in [-0.05, 0) is 25.7 Å². The zero-order valence-corrected chi connectivity index (χ0v) is 13.0. The average molecular weight is 302 g/mol. The maximum Gasteiger partial charge on any atom is 0.211 e. The van der Waals surface area contributed by atoms with Gasteiger partial charge in [0.15, 0.2) is 5.96 Å². The van der Waals surface area contributed by atoms with Crippen molar-refractivity contribution in [2.45, 2.75) is 57.0 Å². The van der Waals surface area contributed by atoms with Gasteiger partial charge in [0.25, 0.3) is 0 Å². The van der Waals surface area contributed by atoms with Gasteiger partial charge in [-0.2, -0.15) is 4.31 Å². The Hall–Kier alpha value is -0.820. The van der Waals surface area contributed by atoms with Gasteiger partial charge in [0.2, 0.25) is 10.0 Å². The van der Waals surface area contributed by atoms with E-state index in [4.69, 9.17) is 5.73 Å². The van der Waals surface area contributed by atoms with Crippen LogP contribution in [0, 0.1) is 0 Å². The Morgan fingerprint density at radius 1 is 1.25 bits per heavy atom. The van der Waals surface area contributed by atoms with Gasteiger partial charge < -0.3 is 11.1 Å². The topological polar surface area (TPSA) is 87.8 Å². The molecule has 2 rings (SSSR count). The van der Waals surface area contributed by atoms with Gasteiger partial charge in [0.05, 0.1) is 12.8 Å². The highest BCUT2D eigenvalue weighted by Crippen LogP contribution is 2.20. The van der Waals surface area contributed by atoms with Crippen LogP contribution in [0.15, 0.2) is 4.99 Å². The van der Waals surface area contributed by atoms with Crippen molar-refractivity contribution in [3.05, 3.63) is 0 Å². The van der Waals surface area contributed by atoms with Crippen molar-refractivity contribution in [3.8, 4) is 0 Å². The van der Waals surface area contributed by atoms with E-state index in [1.165, 1.54) is 25.5 Å². The maximum atomic E-state index is 11.6. The second-order valence-corrected chi connectivity index (χ2v) is 7.81. The predicted octanol–water partition coefficient (Wildman–Crippen LogP) is 0.647. The van der Waals surface area contributed by atoms with Crippen LogP contribution in [0.25, 0.3) is 0 Å². The minimum atomic E-state index is -3.12. The van der Waals surface area contributed by atoms with Crippen molar-refractivity contribution in [2.75, 3.05) is 19.3 Å². The molecule has 1 atom stereocenters. The van der Waals surface area contributed by atoms with Crippen molar-refractivity contribution in [1.82, 2.24) is 9.62 Å². The highest BCUT2D eigenvalue weighted by molar-refractivity contribution is 7.88. The Bertz CT molecular complexity index is 443. The van der Waals surface area contributed by atoms with Crippen molar-refractivity contribution >= 4 is 16.0 Å². The van der Waals surface area contributed by atoms with Gasteiger partial charge >= 0.3 is 0 Å². The summed E-state index contributed by atoms with van der Waals surface area (Å²) < 4.78 is 24.8. The van der Waals surface area contributed by atoms with E-state index in [0.29, 0.717) is 25.1 Å². The smallest absolute Gasteiger partial charge is 0.211 e. The molecule has 3 N–H and O–H groups in total. The van der Waals surface area contributed by atoms with E-state index in [1.807, 2.05) is 0 Å². The Balaban J connectivity index is 1.84. The van der Waals surface area contributed by atoms with Crippen LogP contribution in [-0.4, -0.2) is 50.1 Å². The average Bonchev–Trinajstić information content (AvgIpc) is 2.86. The predicted molar refractivity (Wildman–Crippen MR) is 81.1 cm³/mol. The van der Waals surface area contributed by atoms with Gasteiger partial charge in [-0.1, -0.05) is 19.3 Å². The molecule has 0 amide bonds. The van der Waals surface area contributed by atoms with Gasteiger partial charge in [-0.15, -0.1) is 0 Å². The van der Waals surface area contributed by atoms with Gasteiger partial charge in [0, 0.05) is 18.6 Å². The lowest BCUT2D eigenvalue weighted by molar-refractivity contribution is 0.394. The Morgan fingerprint density at radius 3 is 2.60 bits per heavy atom. The van der Waals surface area contributed by atoms with Gasteiger partial charge in [0.1, 0.15) is 0 Å². The van der Waals surface area contributed by atoms with Crippen LogP contribution in [0.1, 0.15) is 44.9 Å². The molecule has 2 aliphatic rings. The summed E-state index contributed by atoms with van der Waals surface area (Å²) in [5.41, 5.74) is 5.91. The second-order valence-electron chi connectivity index (χ2n) is 5.87. The molecule has 0 aromatic heterocycles. The van der Waals surface area contributed by atoms with E-state index in [2.05, 4.69) is 10.3 Å². The standard InChI is InChI=1S/C13H26N4O2S/c1-20(18,19)17-9-5-8-12(17)10-15-13(14)16-11-6-3-2-4-7-11/h11-12H,2-10H2,1H3,(H3,14,15,16)/t12-/m1/s1. The van der Waals surface area contributed by atoms with Crippen LogP contribution in [0.4, 0.5) is 0 Å². The molecule has 0 radical (unpaired) electrons. The fourth-order valence-corrected chi connectivity index (χ4v) is 4.31. The number of rotatable bonds is 4. The Morgan fingerprint density at radius 2 is 1.95 bits per heavy atom. The summed E-state index contributed by atoms with van der Waals surface area (Å²) in [5.74, 6) is 0.456. The molecular weight excluding hydrogens is 276 g/mol. The van der Waals surface area contributed by atoms with E-state index in [1.54, 1.807) is 4.31 Å². The largest absolute Gasteiger partial charge is 0.370 e. The highest BCUT2D eigenvalue weighted by Gasteiger charge is 2.31. The summed E-state index contributed by atoms with van der Waals surface area (Å²) in [4.78, 5) is 4.34. The maximum absolute atomic E-state index is 11.6. The highest BCUT2D eigenvalue weighted by atomic mass is 32.2. The molecule has 0 aromatic rings. The fraction of sp³-hybridized carbons (Fsp3) is 0.923. The lowest BCUT2D eigenvalue weighted by Crippen LogP contribution is -2.42. The second kappa shape index (κ2) is 6.76. The Kier molecular flexibility index (Phi) is 5.26. The number of nitrogens with one attached hydrogen (secondary N) is 1. The molecule has 0 bridgehead atoms. The third-order valence-corrected chi connectivity index (χ3v) is 5.51. The lowest BCUT2D eigenvalue weighted by atomic mass is 9.96. The summed E-state index contributed by atoms with van der Waals surface area (Å²) in [6.45, 7) is 1.06. The molecule has 7 heteroatoms. The molecule has 2 fully saturated rings. The normalized spacial score (nSPS) is 26.9. The zero-order chi connectivity index (χ0) is 14.6. The summed E-state index contributed by atoms with van der Waals surface area (Å²) in [6.07, 6.45) is 9.13. The summed E-state index contributed by atoms with van der Waals surface area (Å²) in [6, 6.07) is 0.402. The molecular formula is C13H26N4O2S. The molecule has 0 aromatic carbocycles. The number of hydrogen-bond acceptors (Lipinski definition) is 3. The lowest BCUT2D eigenvalue weighted by Gasteiger charge is -2.24. The first-order chi connectivity index (χ1) is 9.47. The van der Waals surface area contributed by atoms with Gasteiger partial charge in [-0.3, -0.25) is 4.99 Å². The van der Waals surface area contributed by atoms with E-state index < -0.39 is 10.0 Å². The first-order valence-electron chi connectivity index (χ1n) is 7.50. The van der Waals surface area contributed by atoms with Crippen LogP contribution in [-0.2, 0) is 10.0 Å². The number of hydrogen-bond donors (Lipinski definition) is 2. The summed E-state index contributed by atoms with van der Waals surface area (Å²) >= 11 is 0. The van der Waals surface area contributed by atoms with E-state index in [-0.39, 0.29) is 6.04 Å². The van der Waals surface area contributed by atoms with E-state index >= 15 is 0 Å². The van der Waals surface area contributed by atoms with Crippen LogP contribution >= 0.6 is 0 Å². The number of sulfonamides is 1. The molecule has 6 nitrogen and oxygen atoms in total. The molecule has 1 aliphatic carbocycles. The first-order valence-corrected chi connectivity index (χ1v) is 9.35. The van der Waals surface area contributed by atoms with Crippen LogP contribution in [0.5, 0.6) is 0 Å². The summed E-state index contributed by atoms with van der Waals surface area (Å²) in [7, 11) is -3.12. The van der Waals surface area contributed by atoms with Crippen LogP contribution in [0.3, 0.4) is 0 Å². The monoisotopic (exact) mass is 302 g/mol. The molecule has 1 heterocycles. The number of nitrogens with zero attached hydrogens (tertiary/aromatic N) is 2. The summed E-state index contributed by atoms with van der Waals surface area (Å²) in [5, 5.41) is 3.26. The van der Waals surface area contributed by atoms with Gasteiger partial charge in [-0.25, -0.2) is 8.42 Å². The van der Waals surface area contributed by atoms with Crippen molar-refractivity contribution in [3.63, 3.8) is 0 Å². The quantitative estimate of drug-likeness (QED) is 0.589. The fourth-order valence-electron chi connectivity index (χ4n) is 3.13. The molecule has 1 saturated carbocycles. The molecule has 0 unspecified atom stereocenters. The van der Waals surface area contributed by atoms with Crippen LogP contribution < -0.4 is 11.1 Å². The SMILES string of the molecule is CS(=O)(=O)N1CCC[C@@H]1CN=C(N)NC1CCCCC1. The third-order valence-electron chi connectivity index (χ3n) is 4.18. The number of aliphatic imine (C=N–C) groups is 1. The van der Waals surface area contributed by atoms with E-state index in [0.717, 1.165) is 25.7 Å². The Labute approximate surface area is 121 Å². The van der Waals surface area contributed by atoms with Crippen molar-refractivity contribution in [1.29, 1.82) is 0 Å². The molecule has 116 valence electrons. The zero-order valence-electron chi connectivity index (χ0n) is 12.2. The molecule has 20 heavy (non-hydrogen) atoms. The van der Waals surface area contributed by atoms with Crippen LogP contribution in [0.2, 0.25) is 0 Å². The van der Waals surface area contributed by atoms with Crippen molar-refractivity contribution < 1.29 is 8.42 Å². The minimum Gasteiger partial charge on any atom is -0.370 e. The number of guanidine groups is 1. The van der Waals surface area contributed by atoms with Crippen molar-refractivity contribution in [2.24, 2.45) is 10.7 Å². The first kappa shape index (κ1) is 15.6. The molecule has 1 aliphatic heterocycles. The minimum absolute atomic E-state index is 0.0308. The number of nitrogens with two attached hydrogens (primary N) is 1. The van der Waals surface area contributed by atoms with E-state index in [9.17, 15) is 8.42 Å². The molecule has 0 spiro atoms. The third kappa shape index (κ3) is 4.34.